The van der Waals surface area contributed by atoms with Gasteiger partial charge in [-0.25, -0.2) is 0 Å². The normalized spacial score (nSPS) is 13.4. The van der Waals surface area contributed by atoms with Gasteiger partial charge in [-0.3, -0.25) is 19.7 Å². The molecule has 1 rings (SSSR count). The van der Waals surface area contributed by atoms with Gasteiger partial charge in [0.25, 0.3) is 5.69 Å². The van der Waals surface area contributed by atoms with Crippen molar-refractivity contribution in [3.05, 3.63) is 39.9 Å². The van der Waals surface area contributed by atoms with E-state index in [0.717, 1.165) is 20.1 Å². The number of esters is 1. The van der Waals surface area contributed by atoms with E-state index in [4.69, 9.17) is 0 Å². The number of aliphatic hydroxyl groups is 1. The lowest BCUT2D eigenvalue weighted by atomic mass is 9.92. The Labute approximate surface area is 109 Å². The summed E-state index contributed by atoms with van der Waals surface area (Å²) < 4.78 is 4.44. The summed E-state index contributed by atoms with van der Waals surface area (Å²) in [5, 5.41) is 20.6. The number of nitrogens with zero attached hydrogens (tertiary/aromatic N) is 1. The van der Waals surface area contributed by atoms with Crippen LogP contribution in [0.2, 0.25) is 0 Å². The molecule has 7 nitrogen and oxygen atoms in total. The molecule has 0 bridgehead atoms. The molecule has 1 aromatic rings. The van der Waals surface area contributed by atoms with Gasteiger partial charge in [0.1, 0.15) is 11.7 Å². The molecule has 1 aromatic carbocycles. The van der Waals surface area contributed by atoms with Gasteiger partial charge in [-0.05, 0) is 12.5 Å². The quantitative estimate of drug-likeness (QED) is 0.369. The van der Waals surface area contributed by atoms with E-state index in [1.165, 1.54) is 18.2 Å². The molecule has 102 valence electrons. The van der Waals surface area contributed by atoms with Gasteiger partial charge in [-0.15, -0.1) is 0 Å². The summed E-state index contributed by atoms with van der Waals surface area (Å²) in [4.78, 5) is 32.8. The fourth-order valence-corrected chi connectivity index (χ4v) is 1.66. The second-order valence-electron chi connectivity index (χ2n) is 3.91. The number of hydrogen-bond donors (Lipinski definition) is 1. The summed E-state index contributed by atoms with van der Waals surface area (Å²) in [5.41, 5.74) is -0.122. The lowest BCUT2D eigenvalue weighted by molar-refractivity contribution is -0.385. The van der Waals surface area contributed by atoms with E-state index in [0.29, 0.717) is 0 Å². The second-order valence-corrected chi connectivity index (χ2v) is 3.91. The maximum Gasteiger partial charge on any atom is 0.319 e. The molecule has 2 atom stereocenters. The van der Waals surface area contributed by atoms with Crippen molar-refractivity contribution in [3.63, 3.8) is 0 Å². The third-order valence-electron chi connectivity index (χ3n) is 2.63. The Hall–Kier alpha value is -2.28. The molecule has 0 heterocycles. The van der Waals surface area contributed by atoms with Gasteiger partial charge in [0.15, 0.2) is 0 Å². The van der Waals surface area contributed by atoms with Crippen molar-refractivity contribution >= 4 is 17.4 Å². The number of benzene rings is 1. The fraction of sp³-hybridized carbons (Fsp3) is 0.333. The second kappa shape index (κ2) is 6.05. The molecule has 0 aliphatic rings. The molecular weight excluding hydrogens is 254 g/mol. The molecule has 0 saturated carbocycles. The van der Waals surface area contributed by atoms with Crippen molar-refractivity contribution in [2.24, 2.45) is 5.92 Å². The molecule has 0 spiro atoms. The van der Waals surface area contributed by atoms with Crippen molar-refractivity contribution < 1.29 is 24.4 Å². The van der Waals surface area contributed by atoms with Gasteiger partial charge in [0.2, 0.25) is 0 Å². The van der Waals surface area contributed by atoms with Crippen LogP contribution in [-0.4, -0.2) is 28.9 Å². The summed E-state index contributed by atoms with van der Waals surface area (Å²) >= 11 is 0. The Kier molecular flexibility index (Phi) is 4.71. The molecule has 0 amide bonds. The molecule has 0 aliphatic carbocycles. The first-order valence-electron chi connectivity index (χ1n) is 5.39. The lowest BCUT2D eigenvalue weighted by Gasteiger charge is -2.18. The highest BCUT2D eigenvalue weighted by Gasteiger charge is 2.33. The zero-order valence-corrected chi connectivity index (χ0v) is 10.4. The molecular formula is C12H13NO6. The number of Topliss-reactive ketones (excluding diaryl/α,β-unsaturated/α-hetero) is 1. The number of nitro benzene ring substituents is 1. The highest BCUT2D eigenvalue weighted by molar-refractivity contribution is 5.98. The van der Waals surface area contributed by atoms with Gasteiger partial charge in [-0.1, -0.05) is 12.1 Å². The van der Waals surface area contributed by atoms with E-state index in [2.05, 4.69) is 4.74 Å². The highest BCUT2D eigenvalue weighted by atomic mass is 16.6. The van der Waals surface area contributed by atoms with Crippen molar-refractivity contribution in [1.82, 2.24) is 0 Å². The fourth-order valence-electron chi connectivity index (χ4n) is 1.66. The van der Waals surface area contributed by atoms with E-state index in [9.17, 15) is 24.8 Å². The maximum absolute atomic E-state index is 11.5. The van der Waals surface area contributed by atoms with E-state index < -0.39 is 28.7 Å². The third-order valence-corrected chi connectivity index (χ3v) is 2.63. The summed E-state index contributed by atoms with van der Waals surface area (Å²) in [7, 11) is 1.10. The predicted molar refractivity (Wildman–Crippen MR) is 64.2 cm³/mol. The number of rotatable bonds is 5. The number of aliphatic hydroxyl groups excluding tert-OH is 1. The van der Waals surface area contributed by atoms with Crippen LogP contribution in [0.1, 0.15) is 18.6 Å². The van der Waals surface area contributed by atoms with Crippen molar-refractivity contribution in [3.8, 4) is 0 Å². The van der Waals surface area contributed by atoms with Crippen molar-refractivity contribution in [2.75, 3.05) is 7.11 Å². The van der Waals surface area contributed by atoms with Crippen LogP contribution in [0.15, 0.2) is 24.3 Å². The van der Waals surface area contributed by atoms with Gasteiger partial charge in [0.05, 0.1) is 18.1 Å². The number of carbonyl (C=O) groups is 2. The molecule has 2 unspecified atom stereocenters. The molecule has 0 fully saturated rings. The average Bonchev–Trinajstić information content (AvgIpc) is 2.38. The van der Waals surface area contributed by atoms with Gasteiger partial charge >= 0.3 is 5.97 Å². The molecule has 0 aliphatic heterocycles. The monoisotopic (exact) mass is 267 g/mol. The first-order valence-corrected chi connectivity index (χ1v) is 5.39. The highest BCUT2D eigenvalue weighted by Crippen LogP contribution is 2.26. The van der Waals surface area contributed by atoms with Crippen LogP contribution in [0.5, 0.6) is 0 Å². The van der Waals surface area contributed by atoms with Crippen molar-refractivity contribution in [2.45, 2.75) is 13.0 Å². The van der Waals surface area contributed by atoms with E-state index in [-0.39, 0.29) is 11.3 Å². The number of non-ortho nitro benzene ring substituents is 1. The molecule has 0 radical (unpaired) electrons. The standard InChI is InChI=1S/C12H13NO6/c1-7(14)10(12(16)19-2)11(15)8-4-3-5-9(6-8)13(17)18/h3-6,10-11,15H,1-2H3. The minimum absolute atomic E-state index is 0.111. The van der Waals surface area contributed by atoms with Crippen LogP contribution < -0.4 is 0 Å². The van der Waals surface area contributed by atoms with Crippen LogP contribution >= 0.6 is 0 Å². The molecule has 0 aromatic heterocycles. The number of ether oxygens (including phenoxy) is 1. The smallest absolute Gasteiger partial charge is 0.319 e. The zero-order valence-electron chi connectivity index (χ0n) is 10.4. The van der Waals surface area contributed by atoms with Gasteiger partial charge < -0.3 is 9.84 Å². The summed E-state index contributed by atoms with van der Waals surface area (Å²) in [6.45, 7) is 1.14. The Balaban J connectivity index is 3.12. The van der Waals surface area contributed by atoms with E-state index >= 15 is 0 Å². The number of methoxy groups -OCH3 is 1. The Morgan fingerprint density at radius 3 is 2.53 bits per heavy atom. The van der Waals surface area contributed by atoms with Crippen LogP contribution in [0.25, 0.3) is 0 Å². The number of ketones is 1. The Morgan fingerprint density at radius 1 is 1.42 bits per heavy atom. The zero-order chi connectivity index (χ0) is 14.6. The van der Waals surface area contributed by atoms with Gasteiger partial charge in [-0.2, -0.15) is 0 Å². The van der Waals surface area contributed by atoms with Crippen LogP contribution in [0, 0.1) is 16.0 Å². The summed E-state index contributed by atoms with van der Waals surface area (Å²) in [5.74, 6) is -2.86. The Morgan fingerprint density at radius 2 is 2.05 bits per heavy atom. The molecule has 7 heteroatoms. The number of nitro groups is 1. The number of carbonyl (C=O) groups excluding carboxylic acids is 2. The maximum atomic E-state index is 11.5. The molecule has 19 heavy (non-hydrogen) atoms. The topological polar surface area (TPSA) is 107 Å². The van der Waals surface area contributed by atoms with E-state index in [1.54, 1.807) is 0 Å². The van der Waals surface area contributed by atoms with Crippen LogP contribution in [0.4, 0.5) is 5.69 Å². The minimum Gasteiger partial charge on any atom is -0.468 e. The summed E-state index contributed by atoms with van der Waals surface area (Å²) in [6.07, 6.45) is -1.48. The van der Waals surface area contributed by atoms with E-state index in [1.807, 2.05) is 0 Å². The largest absolute Gasteiger partial charge is 0.468 e. The molecule has 0 saturated heterocycles. The van der Waals surface area contributed by atoms with Crippen LogP contribution in [0.3, 0.4) is 0 Å². The summed E-state index contributed by atoms with van der Waals surface area (Å²) in [6, 6.07) is 5.13. The first kappa shape index (κ1) is 14.8. The SMILES string of the molecule is COC(=O)C(C(C)=O)C(O)c1cccc([N+](=O)[O-])c1. The number of hydrogen-bond acceptors (Lipinski definition) is 6. The Bertz CT molecular complexity index is 513. The van der Waals surface area contributed by atoms with Crippen molar-refractivity contribution in [1.29, 1.82) is 0 Å². The molecule has 1 N–H and O–H groups in total. The predicted octanol–water partition coefficient (Wildman–Crippen LogP) is 1.01. The van der Waals surface area contributed by atoms with Crippen LogP contribution in [-0.2, 0) is 14.3 Å². The lowest BCUT2D eigenvalue weighted by Crippen LogP contribution is -2.29. The van der Waals surface area contributed by atoms with Gasteiger partial charge in [0, 0.05) is 12.1 Å². The first-order chi connectivity index (χ1) is 8.88. The average molecular weight is 267 g/mol. The third kappa shape index (κ3) is 3.35. The minimum atomic E-state index is -1.48.